The van der Waals surface area contributed by atoms with Crippen molar-refractivity contribution in [3.05, 3.63) is 28.2 Å². The van der Waals surface area contributed by atoms with Gasteiger partial charge in [0, 0.05) is 17.2 Å². The zero-order valence-corrected chi connectivity index (χ0v) is 11.3. The lowest BCUT2D eigenvalue weighted by atomic mass is 10.2. The molecule has 100 valence electrons. The van der Waals surface area contributed by atoms with Crippen LogP contribution in [0.3, 0.4) is 0 Å². The third kappa shape index (κ3) is 3.63. The number of amides is 1. The maximum atomic E-state index is 12.5. The standard InChI is InChI=1S/C11H12BrF3N2O/c1-6(10(18)16-2)17-9-5-7(11(13,14)15)3-4-8(9)12/h3-6,17H,1-2H3,(H,16,18). The molecule has 1 aromatic rings. The van der Waals surface area contributed by atoms with Crippen molar-refractivity contribution in [1.82, 2.24) is 5.32 Å². The second-order valence-electron chi connectivity index (χ2n) is 3.67. The average Bonchev–Trinajstić information content (AvgIpc) is 2.29. The minimum Gasteiger partial charge on any atom is -0.373 e. The molecular formula is C11H12BrF3N2O. The predicted molar refractivity (Wildman–Crippen MR) is 66.3 cm³/mol. The van der Waals surface area contributed by atoms with Crippen molar-refractivity contribution in [3.8, 4) is 0 Å². The fourth-order valence-electron chi connectivity index (χ4n) is 1.33. The lowest BCUT2D eigenvalue weighted by Crippen LogP contribution is -2.35. The van der Waals surface area contributed by atoms with Crippen molar-refractivity contribution in [3.63, 3.8) is 0 Å². The molecule has 2 N–H and O–H groups in total. The third-order valence-corrected chi connectivity index (χ3v) is 3.00. The Balaban J connectivity index is 2.98. The molecule has 18 heavy (non-hydrogen) atoms. The van der Waals surface area contributed by atoms with Crippen molar-refractivity contribution in [2.45, 2.75) is 19.1 Å². The zero-order chi connectivity index (χ0) is 13.9. The Morgan fingerprint density at radius 3 is 2.50 bits per heavy atom. The van der Waals surface area contributed by atoms with Crippen LogP contribution in [0.2, 0.25) is 0 Å². The fraction of sp³-hybridized carbons (Fsp3) is 0.364. The number of carbonyl (C=O) groups excluding carboxylic acids is 1. The third-order valence-electron chi connectivity index (χ3n) is 2.31. The maximum absolute atomic E-state index is 12.5. The highest BCUT2D eigenvalue weighted by molar-refractivity contribution is 9.10. The first-order valence-electron chi connectivity index (χ1n) is 5.10. The van der Waals surface area contributed by atoms with Crippen LogP contribution in [0.15, 0.2) is 22.7 Å². The lowest BCUT2D eigenvalue weighted by molar-refractivity contribution is -0.137. The van der Waals surface area contributed by atoms with Crippen LogP contribution in [0.4, 0.5) is 18.9 Å². The summed E-state index contributed by atoms with van der Waals surface area (Å²) in [7, 11) is 1.46. The van der Waals surface area contributed by atoms with Gasteiger partial charge >= 0.3 is 6.18 Å². The van der Waals surface area contributed by atoms with Gasteiger partial charge in [-0.3, -0.25) is 4.79 Å². The summed E-state index contributed by atoms with van der Waals surface area (Å²) in [4.78, 5) is 11.3. The summed E-state index contributed by atoms with van der Waals surface area (Å²) in [6.07, 6.45) is -4.41. The zero-order valence-electron chi connectivity index (χ0n) is 9.73. The number of benzene rings is 1. The number of anilines is 1. The van der Waals surface area contributed by atoms with Gasteiger partial charge in [0.25, 0.3) is 0 Å². The first-order chi connectivity index (χ1) is 8.25. The Morgan fingerprint density at radius 1 is 1.39 bits per heavy atom. The molecular weight excluding hydrogens is 313 g/mol. The van der Waals surface area contributed by atoms with E-state index in [0.29, 0.717) is 4.47 Å². The van der Waals surface area contributed by atoms with E-state index in [0.717, 1.165) is 12.1 Å². The van der Waals surface area contributed by atoms with E-state index in [2.05, 4.69) is 26.6 Å². The summed E-state index contributed by atoms with van der Waals surface area (Å²) in [5.41, 5.74) is -0.543. The van der Waals surface area contributed by atoms with Crippen LogP contribution in [-0.2, 0) is 11.0 Å². The molecule has 7 heteroatoms. The highest BCUT2D eigenvalue weighted by Crippen LogP contribution is 2.34. The SMILES string of the molecule is CNC(=O)C(C)Nc1cc(C(F)(F)F)ccc1Br. The predicted octanol–water partition coefficient (Wildman–Crippen LogP) is 3.01. The molecule has 1 aromatic carbocycles. The molecule has 0 saturated carbocycles. The summed E-state index contributed by atoms with van der Waals surface area (Å²) in [5, 5.41) is 5.12. The second kappa shape index (κ2) is 5.60. The topological polar surface area (TPSA) is 41.1 Å². The number of alkyl halides is 3. The largest absolute Gasteiger partial charge is 0.416 e. The van der Waals surface area contributed by atoms with Crippen LogP contribution in [0, 0.1) is 0 Å². The molecule has 0 aliphatic heterocycles. The van der Waals surface area contributed by atoms with Gasteiger partial charge in [-0.15, -0.1) is 0 Å². The lowest BCUT2D eigenvalue weighted by Gasteiger charge is -2.16. The quantitative estimate of drug-likeness (QED) is 0.897. The number of halogens is 4. The van der Waals surface area contributed by atoms with E-state index >= 15 is 0 Å². The first-order valence-corrected chi connectivity index (χ1v) is 5.90. The van der Waals surface area contributed by atoms with Crippen molar-refractivity contribution >= 4 is 27.5 Å². The Labute approximate surface area is 111 Å². The van der Waals surface area contributed by atoms with Gasteiger partial charge in [-0.25, -0.2) is 0 Å². The highest BCUT2D eigenvalue weighted by Gasteiger charge is 2.31. The van der Waals surface area contributed by atoms with Crippen molar-refractivity contribution < 1.29 is 18.0 Å². The van der Waals surface area contributed by atoms with Crippen molar-refractivity contribution in [1.29, 1.82) is 0 Å². The fourth-order valence-corrected chi connectivity index (χ4v) is 1.69. The molecule has 0 saturated heterocycles. The Bertz CT molecular complexity index is 448. The van der Waals surface area contributed by atoms with Gasteiger partial charge in [0.15, 0.2) is 0 Å². The Hall–Kier alpha value is -1.24. The van der Waals surface area contributed by atoms with Crippen LogP contribution in [0.1, 0.15) is 12.5 Å². The summed E-state index contributed by atoms with van der Waals surface area (Å²) < 4.78 is 38.1. The van der Waals surface area contributed by atoms with E-state index in [1.807, 2.05) is 0 Å². The molecule has 1 amide bonds. The molecule has 0 aromatic heterocycles. The summed E-state index contributed by atoms with van der Waals surface area (Å²) >= 11 is 3.14. The molecule has 1 unspecified atom stereocenters. The average molecular weight is 325 g/mol. The van der Waals surface area contributed by atoms with Gasteiger partial charge in [0.2, 0.25) is 5.91 Å². The molecule has 0 fully saturated rings. The number of hydrogen-bond donors (Lipinski definition) is 2. The van der Waals surface area contributed by atoms with E-state index in [1.165, 1.54) is 13.1 Å². The minimum atomic E-state index is -4.41. The van der Waals surface area contributed by atoms with E-state index in [4.69, 9.17) is 0 Å². The van der Waals surface area contributed by atoms with E-state index in [-0.39, 0.29) is 11.6 Å². The second-order valence-corrected chi connectivity index (χ2v) is 4.53. The van der Waals surface area contributed by atoms with Crippen molar-refractivity contribution in [2.75, 3.05) is 12.4 Å². The number of rotatable bonds is 3. The van der Waals surface area contributed by atoms with Crippen LogP contribution >= 0.6 is 15.9 Å². The highest BCUT2D eigenvalue weighted by atomic mass is 79.9. The van der Waals surface area contributed by atoms with Gasteiger partial charge in [0.1, 0.15) is 6.04 Å². The molecule has 3 nitrogen and oxygen atoms in total. The van der Waals surface area contributed by atoms with Crippen molar-refractivity contribution in [2.24, 2.45) is 0 Å². The molecule has 0 aliphatic carbocycles. The number of hydrogen-bond acceptors (Lipinski definition) is 2. The van der Waals surface area contributed by atoms with E-state index < -0.39 is 17.8 Å². The Kier molecular flexibility index (Phi) is 4.61. The van der Waals surface area contributed by atoms with Crippen LogP contribution in [0.25, 0.3) is 0 Å². The van der Waals surface area contributed by atoms with Crippen LogP contribution in [0.5, 0.6) is 0 Å². The van der Waals surface area contributed by atoms with Crippen LogP contribution in [-0.4, -0.2) is 19.0 Å². The molecule has 0 spiro atoms. The molecule has 1 atom stereocenters. The summed E-state index contributed by atoms with van der Waals surface area (Å²) in [5.74, 6) is -0.306. The minimum absolute atomic E-state index is 0.223. The van der Waals surface area contributed by atoms with Gasteiger partial charge < -0.3 is 10.6 Å². The summed E-state index contributed by atoms with van der Waals surface area (Å²) in [6.45, 7) is 1.56. The van der Waals surface area contributed by atoms with E-state index in [1.54, 1.807) is 6.92 Å². The van der Waals surface area contributed by atoms with Crippen LogP contribution < -0.4 is 10.6 Å². The first kappa shape index (κ1) is 14.8. The molecule has 0 heterocycles. The smallest absolute Gasteiger partial charge is 0.373 e. The van der Waals surface area contributed by atoms with Gasteiger partial charge in [-0.05, 0) is 41.1 Å². The number of likely N-dealkylation sites (N-methyl/N-ethyl adjacent to an activating group) is 1. The Morgan fingerprint density at radius 2 is 2.00 bits per heavy atom. The maximum Gasteiger partial charge on any atom is 0.416 e. The number of nitrogens with one attached hydrogen (secondary N) is 2. The molecule has 1 rings (SSSR count). The van der Waals surface area contributed by atoms with Gasteiger partial charge in [-0.1, -0.05) is 0 Å². The monoisotopic (exact) mass is 324 g/mol. The van der Waals surface area contributed by atoms with Gasteiger partial charge in [-0.2, -0.15) is 13.2 Å². The van der Waals surface area contributed by atoms with Gasteiger partial charge in [0.05, 0.1) is 5.56 Å². The number of carbonyl (C=O) groups is 1. The molecule has 0 aliphatic rings. The molecule has 0 bridgehead atoms. The van der Waals surface area contributed by atoms with E-state index in [9.17, 15) is 18.0 Å². The normalized spacial score (nSPS) is 13.0. The molecule has 0 radical (unpaired) electrons. The summed E-state index contributed by atoms with van der Waals surface area (Å²) in [6, 6.07) is 2.60.